The first kappa shape index (κ1) is 14.2. The molecule has 4 unspecified atom stereocenters. The van der Waals surface area contributed by atoms with Gasteiger partial charge in [0.1, 0.15) is 12.2 Å². The van der Waals surface area contributed by atoms with Gasteiger partial charge in [-0.1, -0.05) is 22.6 Å². The van der Waals surface area contributed by atoms with Gasteiger partial charge in [-0.3, -0.25) is 14.3 Å². The van der Waals surface area contributed by atoms with Gasteiger partial charge < -0.3 is 14.2 Å². The van der Waals surface area contributed by atoms with E-state index in [1.54, 1.807) is 0 Å². The Morgan fingerprint density at radius 3 is 2.70 bits per heavy atom. The Morgan fingerprint density at radius 2 is 2.05 bits per heavy atom. The van der Waals surface area contributed by atoms with Crippen molar-refractivity contribution < 1.29 is 14.2 Å². The summed E-state index contributed by atoms with van der Waals surface area (Å²) >= 11 is 2.22. The van der Waals surface area contributed by atoms with Crippen molar-refractivity contribution in [1.82, 2.24) is 9.55 Å². The molecule has 2 saturated heterocycles. The molecule has 3 heterocycles. The van der Waals surface area contributed by atoms with Crippen LogP contribution in [0.5, 0.6) is 0 Å². The first-order chi connectivity index (χ1) is 9.41. The van der Waals surface area contributed by atoms with Gasteiger partial charge in [-0.15, -0.1) is 0 Å². The van der Waals surface area contributed by atoms with Gasteiger partial charge in [0.2, 0.25) is 0 Å². The maximum Gasteiger partial charge on any atom is 0.330 e. The van der Waals surface area contributed by atoms with Gasteiger partial charge in [-0.25, -0.2) is 4.79 Å². The lowest BCUT2D eigenvalue weighted by Gasteiger charge is -2.24. The number of hydrogen-bond acceptors (Lipinski definition) is 5. The van der Waals surface area contributed by atoms with E-state index in [4.69, 9.17) is 14.2 Å². The van der Waals surface area contributed by atoms with Crippen LogP contribution in [0, 0.1) is 0 Å². The summed E-state index contributed by atoms with van der Waals surface area (Å²) in [6.45, 7) is 3.67. The lowest BCUT2D eigenvalue weighted by molar-refractivity contribution is -0.194. The van der Waals surface area contributed by atoms with E-state index in [1.165, 1.54) is 16.8 Å². The summed E-state index contributed by atoms with van der Waals surface area (Å²) in [7, 11) is 0. The molecule has 0 spiro atoms. The van der Waals surface area contributed by atoms with Gasteiger partial charge in [0.25, 0.3) is 5.56 Å². The highest BCUT2D eigenvalue weighted by atomic mass is 127. The summed E-state index contributed by atoms with van der Waals surface area (Å²) in [5.74, 6) is -0.701. The molecule has 1 N–H and O–H groups in total. The van der Waals surface area contributed by atoms with Crippen molar-refractivity contribution in [3.05, 3.63) is 33.1 Å². The average molecular weight is 394 g/mol. The number of H-pyrrole nitrogens is 1. The number of nitrogens with zero attached hydrogens (tertiary/aromatic N) is 1. The number of alkyl halides is 1. The van der Waals surface area contributed by atoms with Crippen LogP contribution in [0.1, 0.15) is 20.1 Å². The number of ether oxygens (including phenoxy) is 3. The second-order valence-electron chi connectivity index (χ2n) is 5.30. The van der Waals surface area contributed by atoms with Crippen molar-refractivity contribution in [2.24, 2.45) is 0 Å². The van der Waals surface area contributed by atoms with Crippen molar-refractivity contribution >= 4 is 22.6 Å². The van der Waals surface area contributed by atoms with E-state index < -0.39 is 23.3 Å². The fourth-order valence-corrected chi connectivity index (χ4v) is 3.34. The fourth-order valence-electron chi connectivity index (χ4n) is 2.63. The third-order valence-electron chi connectivity index (χ3n) is 3.40. The van der Waals surface area contributed by atoms with Crippen molar-refractivity contribution in [3.8, 4) is 0 Å². The van der Waals surface area contributed by atoms with Crippen LogP contribution in [0.25, 0.3) is 0 Å². The highest BCUT2D eigenvalue weighted by molar-refractivity contribution is 14.1. The first-order valence-corrected chi connectivity index (χ1v) is 7.82. The first-order valence-electron chi connectivity index (χ1n) is 6.30. The molecular weight excluding hydrogens is 379 g/mol. The monoisotopic (exact) mass is 394 g/mol. The molecule has 1 aromatic rings. The van der Waals surface area contributed by atoms with Crippen LogP contribution in [0.2, 0.25) is 0 Å². The topological polar surface area (TPSA) is 82.5 Å². The molecule has 2 aliphatic heterocycles. The molecule has 110 valence electrons. The molecule has 4 atom stereocenters. The normalized spacial score (nSPS) is 35.1. The number of fused-ring (bicyclic) bond motifs is 1. The maximum atomic E-state index is 11.9. The van der Waals surface area contributed by atoms with E-state index in [2.05, 4.69) is 27.6 Å². The molecule has 3 rings (SSSR count). The molecule has 0 radical (unpaired) electrons. The van der Waals surface area contributed by atoms with E-state index in [-0.39, 0.29) is 18.3 Å². The minimum atomic E-state index is -0.701. The standard InChI is InChI=1S/C12H15IN2O5/c1-12(2)19-8-6(5-13)18-10(9(8)20-12)15-4-3-7(16)14-11(15)17/h3-4,6,8-10H,5H2,1-2H3,(H,14,16,17). The third-order valence-corrected chi connectivity index (χ3v) is 4.27. The van der Waals surface area contributed by atoms with Crippen LogP contribution in [0.15, 0.2) is 21.9 Å². The zero-order chi connectivity index (χ0) is 14.5. The summed E-state index contributed by atoms with van der Waals surface area (Å²) in [5, 5.41) is 0. The van der Waals surface area contributed by atoms with Crippen molar-refractivity contribution in [2.45, 2.75) is 44.2 Å². The van der Waals surface area contributed by atoms with Gasteiger partial charge in [0, 0.05) is 16.7 Å². The van der Waals surface area contributed by atoms with E-state index in [9.17, 15) is 9.59 Å². The van der Waals surface area contributed by atoms with Gasteiger partial charge >= 0.3 is 5.69 Å². The van der Waals surface area contributed by atoms with Gasteiger partial charge in [0.05, 0.1) is 6.10 Å². The molecule has 2 fully saturated rings. The molecule has 0 aromatic carbocycles. The Morgan fingerprint density at radius 1 is 1.35 bits per heavy atom. The summed E-state index contributed by atoms with van der Waals surface area (Å²) in [6, 6.07) is 1.29. The zero-order valence-electron chi connectivity index (χ0n) is 11.0. The molecule has 2 aliphatic rings. The second-order valence-corrected chi connectivity index (χ2v) is 6.18. The minimum absolute atomic E-state index is 0.147. The van der Waals surface area contributed by atoms with Gasteiger partial charge in [0.15, 0.2) is 12.0 Å². The number of hydrogen-bond donors (Lipinski definition) is 1. The van der Waals surface area contributed by atoms with Crippen LogP contribution in [0.3, 0.4) is 0 Å². The van der Waals surface area contributed by atoms with Crippen molar-refractivity contribution in [1.29, 1.82) is 0 Å². The van der Waals surface area contributed by atoms with Crippen LogP contribution >= 0.6 is 22.6 Å². The lowest BCUT2D eigenvalue weighted by atomic mass is 10.1. The molecule has 0 bridgehead atoms. The summed E-state index contributed by atoms with van der Waals surface area (Å²) in [4.78, 5) is 25.3. The quantitative estimate of drug-likeness (QED) is 0.580. The Hall–Kier alpha value is -0.710. The molecular formula is C12H15IN2O5. The van der Waals surface area contributed by atoms with Crippen LogP contribution < -0.4 is 11.2 Å². The van der Waals surface area contributed by atoms with Crippen LogP contribution in [-0.4, -0.2) is 38.1 Å². The summed E-state index contributed by atoms with van der Waals surface area (Å²) in [5.41, 5.74) is -0.946. The SMILES string of the molecule is CC1(C)OC2C(CI)OC(n3ccc(=O)[nH]c3=O)C2O1. The fraction of sp³-hybridized carbons (Fsp3) is 0.667. The molecule has 8 heteroatoms. The lowest BCUT2D eigenvalue weighted by Crippen LogP contribution is -2.37. The Balaban J connectivity index is 1.98. The van der Waals surface area contributed by atoms with Gasteiger partial charge in [-0.2, -0.15) is 0 Å². The number of rotatable bonds is 2. The second kappa shape index (κ2) is 4.93. The Bertz CT molecular complexity index is 625. The molecule has 7 nitrogen and oxygen atoms in total. The average Bonchev–Trinajstić information content (AvgIpc) is 2.83. The van der Waals surface area contributed by atoms with Crippen molar-refractivity contribution in [3.63, 3.8) is 0 Å². The number of aromatic nitrogens is 2. The molecule has 0 amide bonds. The predicted molar refractivity (Wildman–Crippen MR) is 77.9 cm³/mol. The molecule has 0 aliphatic carbocycles. The number of nitrogens with one attached hydrogen (secondary N) is 1. The highest BCUT2D eigenvalue weighted by Gasteiger charge is 2.55. The Kier molecular flexibility index (Phi) is 3.51. The largest absolute Gasteiger partial charge is 0.348 e. The summed E-state index contributed by atoms with van der Waals surface area (Å²) in [6.07, 6.45) is 0.101. The van der Waals surface area contributed by atoms with Crippen LogP contribution in [0.4, 0.5) is 0 Å². The number of aromatic amines is 1. The van der Waals surface area contributed by atoms with Crippen molar-refractivity contribution in [2.75, 3.05) is 4.43 Å². The maximum absolute atomic E-state index is 11.9. The van der Waals surface area contributed by atoms with Crippen LogP contribution in [-0.2, 0) is 14.2 Å². The number of halogens is 1. The zero-order valence-corrected chi connectivity index (χ0v) is 13.2. The smallest absolute Gasteiger partial charge is 0.330 e. The van der Waals surface area contributed by atoms with E-state index in [1.807, 2.05) is 13.8 Å². The van der Waals surface area contributed by atoms with Gasteiger partial charge in [-0.05, 0) is 13.8 Å². The van der Waals surface area contributed by atoms with E-state index in [0.29, 0.717) is 0 Å². The Labute approximate surface area is 128 Å². The minimum Gasteiger partial charge on any atom is -0.348 e. The molecule has 20 heavy (non-hydrogen) atoms. The summed E-state index contributed by atoms with van der Waals surface area (Å²) < 4.78 is 19.6. The predicted octanol–water partition coefficient (Wildman–Crippen LogP) is 0.389. The highest BCUT2D eigenvalue weighted by Crippen LogP contribution is 2.42. The van der Waals surface area contributed by atoms with E-state index in [0.717, 1.165) is 4.43 Å². The van der Waals surface area contributed by atoms with E-state index >= 15 is 0 Å². The molecule has 0 saturated carbocycles. The molecule has 1 aromatic heterocycles. The third kappa shape index (κ3) is 2.34.